The number of methoxy groups -OCH3 is 1. The molecule has 3 rings (SSSR count). The lowest BCUT2D eigenvalue weighted by atomic mass is 10.3. The number of thioether (sulfide) groups is 1. The van der Waals surface area contributed by atoms with Gasteiger partial charge < -0.3 is 14.5 Å². The lowest BCUT2D eigenvalue weighted by Crippen LogP contribution is -2.14. The maximum Gasteiger partial charge on any atom is 0.234 e. The van der Waals surface area contributed by atoms with Gasteiger partial charge in [0.25, 0.3) is 0 Å². The predicted molar refractivity (Wildman–Crippen MR) is 96.4 cm³/mol. The van der Waals surface area contributed by atoms with Crippen LogP contribution in [-0.4, -0.2) is 34.0 Å². The van der Waals surface area contributed by atoms with Gasteiger partial charge >= 0.3 is 0 Å². The number of rotatable bonds is 7. The van der Waals surface area contributed by atoms with Crippen molar-refractivity contribution in [1.29, 1.82) is 0 Å². The summed E-state index contributed by atoms with van der Waals surface area (Å²) < 4.78 is 10.3. The van der Waals surface area contributed by atoms with E-state index in [-0.39, 0.29) is 11.7 Å². The lowest BCUT2D eigenvalue weighted by molar-refractivity contribution is -0.113. The van der Waals surface area contributed by atoms with E-state index in [1.165, 1.54) is 11.8 Å². The Morgan fingerprint density at radius 3 is 3.08 bits per heavy atom. The number of aromatic nitrogens is 3. The normalized spacial score (nSPS) is 10.9. The molecule has 1 aromatic carbocycles. The number of H-pyrrole nitrogens is 1. The molecule has 1 amide bonds. The third-order valence-corrected chi connectivity index (χ3v) is 3.96. The highest BCUT2D eigenvalue weighted by Gasteiger charge is 2.08. The number of ether oxygens (including phenoxy) is 1. The first-order chi connectivity index (χ1) is 12.2. The fraction of sp³-hybridized carbons (Fsp3) is 0.118. The predicted octanol–water partition coefficient (Wildman–Crippen LogP) is 3.31. The molecule has 0 radical (unpaired) electrons. The molecule has 0 spiro atoms. The number of aromatic amines is 1. The van der Waals surface area contributed by atoms with Crippen molar-refractivity contribution in [2.75, 3.05) is 18.2 Å². The number of nitrogens with zero attached hydrogens (tertiary/aromatic N) is 2. The first-order valence-corrected chi connectivity index (χ1v) is 8.42. The van der Waals surface area contributed by atoms with Gasteiger partial charge in [-0.25, -0.2) is 4.98 Å². The molecule has 8 heteroatoms. The first kappa shape index (κ1) is 16.8. The Kier molecular flexibility index (Phi) is 5.53. The molecule has 25 heavy (non-hydrogen) atoms. The molecule has 2 heterocycles. The summed E-state index contributed by atoms with van der Waals surface area (Å²) in [4.78, 5) is 16.3. The Hall–Kier alpha value is -3.00. The smallest absolute Gasteiger partial charge is 0.234 e. The number of benzene rings is 1. The van der Waals surface area contributed by atoms with Crippen LogP contribution in [0.2, 0.25) is 0 Å². The number of hydrogen-bond donors (Lipinski definition) is 2. The van der Waals surface area contributed by atoms with E-state index in [0.29, 0.717) is 22.4 Å². The highest BCUT2D eigenvalue weighted by Crippen LogP contribution is 2.18. The van der Waals surface area contributed by atoms with Crippen LogP contribution in [0.25, 0.3) is 12.2 Å². The van der Waals surface area contributed by atoms with Crippen molar-refractivity contribution in [1.82, 2.24) is 15.2 Å². The summed E-state index contributed by atoms with van der Waals surface area (Å²) in [7, 11) is 1.58. The van der Waals surface area contributed by atoms with Gasteiger partial charge in [-0.1, -0.05) is 17.8 Å². The summed E-state index contributed by atoms with van der Waals surface area (Å²) >= 11 is 1.25. The third kappa shape index (κ3) is 4.98. The summed E-state index contributed by atoms with van der Waals surface area (Å²) in [6.45, 7) is 0. The molecule has 7 nitrogen and oxygen atoms in total. The molecule has 0 aliphatic heterocycles. The monoisotopic (exact) mass is 356 g/mol. The molecule has 0 aliphatic rings. The van der Waals surface area contributed by atoms with Crippen molar-refractivity contribution < 1.29 is 13.9 Å². The van der Waals surface area contributed by atoms with E-state index >= 15 is 0 Å². The van der Waals surface area contributed by atoms with Crippen LogP contribution in [0, 0.1) is 0 Å². The Bertz CT molecular complexity index is 858. The van der Waals surface area contributed by atoms with Crippen molar-refractivity contribution in [3.63, 3.8) is 0 Å². The Balaban J connectivity index is 1.50. The van der Waals surface area contributed by atoms with Crippen molar-refractivity contribution in [2.24, 2.45) is 0 Å². The van der Waals surface area contributed by atoms with E-state index < -0.39 is 0 Å². The van der Waals surface area contributed by atoms with Gasteiger partial charge in [-0.15, -0.1) is 5.10 Å². The quantitative estimate of drug-likeness (QED) is 0.631. The molecule has 0 bridgehead atoms. The number of carbonyl (C=O) groups is 1. The minimum absolute atomic E-state index is 0.143. The lowest BCUT2D eigenvalue weighted by Gasteiger charge is -2.05. The van der Waals surface area contributed by atoms with Crippen LogP contribution in [-0.2, 0) is 4.79 Å². The largest absolute Gasteiger partial charge is 0.497 e. The summed E-state index contributed by atoms with van der Waals surface area (Å²) in [5.74, 6) is 2.06. The second kappa shape index (κ2) is 8.20. The van der Waals surface area contributed by atoms with Crippen LogP contribution in [0.4, 0.5) is 5.69 Å². The van der Waals surface area contributed by atoms with Gasteiger partial charge in [0.05, 0.1) is 19.1 Å². The zero-order valence-electron chi connectivity index (χ0n) is 13.4. The van der Waals surface area contributed by atoms with Gasteiger partial charge in [-0.3, -0.25) is 9.89 Å². The molecule has 0 aliphatic carbocycles. The van der Waals surface area contributed by atoms with E-state index in [9.17, 15) is 4.79 Å². The van der Waals surface area contributed by atoms with Crippen LogP contribution in [0.1, 0.15) is 11.6 Å². The van der Waals surface area contributed by atoms with Crippen molar-refractivity contribution >= 4 is 35.5 Å². The average Bonchev–Trinajstić information content (AvgIpc) is 3.30. The molecule has 2 aromatic heterocycles. The summed E-state index contributed by atoms with van der Waals surface area (Å²) in [5.41, 5.74) is 0.682. The van der Waals surface area contributed by atoms with Crippen LogP contribution >= 0.6 is 11.8 Å². The Labute approximate surface area is 148 Å². The van der Waals surface area contributed by atoms with Crippen molar-refractivity contribution in [3.05, 3.63) is 54.2 Å². The van der Waals surface area contributed by atoms with Crippen LogP contribution in [0.3, 0.4) is 0 Å². The summed E-state index contributed by atoms with van der Waals surface area (Å²) in [6.07, 6.45) is 5.14. The van der Waals surface area contributed by atoms with E-state index in [1.54, 1.807) is 37.7 Å². The molecule has 0 fully saturated rings. The van der Waals surface area contributed by atoms with Gasteiger partial charge in [0.15, 0.2) is 0 Å². The molecule has 0 saturated carbocycles. The van der Waals surface area contributed by atoms with Crippen LogP contribution in [0.15, 0.2) is 52.2 Å². The minimum atomic E-state index is -0.143. The van der Waals surface area contributed by atoms with Gasteiger partial charge in [-0.2, -0.15) is 0 Å². The minimum Gasteiger partial charge on any atom is -0.497 e. The van der Waals surface area contributed by atoms with Gasteiger partial charge in [0, 0.05) is 11.8 Å². The van der Waals surface area contributed by atoms with E-state index in [4.69, 9.17) is 9.15 Å². The molecule has 128 valence electrons. The fourth-order valence-electron chi connectivity index (χ4n) is 1.97. The summed E-state index contributed by atoms with van der Waals surface area (Å²) in [6, 6.07) is 10.8. The molecular weight excluding hydrogens is 340 g/mol. The zero-order chi connectivity index (χ0) is 17.5. The van der Waals surface area contributed by atoms with Crippen LogP contribution in [0.5, 0.6) is 5.75 Å². The Morgan fingerprint density at radius 1 is 1.36 bits per heavy atom. The van der Waals surface area contributed by atoms with Crippen molar-refractivity contribution in [2.45, 2.75) is 5.16 Å². The molecular formula is C17H16N4O3S. The molecule has 0 atom stereocenters. The number of hydrogen-bond acceptors (Lipinski definition) is 6. The van der Waals surface area contributed by atoms with E-state index in [2.05, 4.69) is 20.5 Å². The average molecular weight is 356 g/mol. The number of carbonyl (C=O) groups excluding carboxylic acids is 1. The number of amides is 1. The molecule has 0 saturated heterocycles. The number of anilines is 1. The van der Waals surface area contributed by atoms with Gasteiger partial charge in [0.1, 0.15) is 17.3 Å². The SMILES string of the molecule is COc1cccc(NC(=O)CSc2n[nH]c(C=Cc3ccco3)n2)c1. The fourth-order valence-corrected chi connectivity index (χ4v) is 2.58. The number of furan rings is 1. The van der Waals surface area contributed by atoms with E-state index in [1.807, 2.05) is 24.3 Å². The van der Waals surface area contributed by atoms with E-state index in [0.717, 1.165) is 5.76 Å². The maximum atomic E-state index is 12.0. The zero-order valence-corrected chi connectivity index (χ0v) is 14.2. The summed E-state index contributed by atoms with van der Waals surface area (Å²) in [5, 5.41) is 10.2. The van der Waals surface area contributed by atoms with Crippen LogP contribution < -0.4 is 10.1 Å². The molecule has 2 N–H and O–H groups in total. The standard InChI is InChI=1S/C17H16N4O3S/c1-23-14-5-2-4-12(10-14)18-16(22)11-25-17-19-15(20-21-17)8-7-13-6-3-9-24-13/h2-10H,11H2,1H3,(H,18,22)(H,19,20,21). The highest BCUT2D eigenvalue weighted by atomic mass is 32.2. The second-order valence-electron chi connectivity index (χ2n) is 4.92. The third-order valence-electron chi connectivity index (χ3n) is 3.12. The topological polar surface area (TPSA) is 93.0 Å². The van der Waals surface area contributed by atoms with Crippen molar-refractivity contribution in [3.8, 4) is 5.75 Å². The molecule has 0 unspecified atom stereocenters. The van der Waals surface area contributed by atoms with Gasteiger partial charge in [-0.05, 0) is 36.4 Å². The highest BCUT2D eigenvalue weighted by molar-refractivity contribution is 7.99. The first-order valence-electron chi connectivity index (χ1n) is 7.43. The molecule has 3 aromatic rings. The number of nitrogens with one attached hydrogen (secondary N) is 2. The van der Waals surface area contributed by atoms with Gasteiger partial charge in [0.2, 0.25) is 11.1 Å². The maximum absolute atomic E-state index is 12.0. The Morgan fingerprint density at radius 2 is 2.28 bits per heavy atom. The second-order valence-corrected chi connectivity index (χ2v) is 5.86.